The molecular formula is C12H8F3NO2S. The molecule has 0 spiro atoms. The van der Waals surface area contributed by atoms with Crippen LogP contribution in [0.15, 0.2) is 12.1 Å². The first-order valence-electron chi connectivity index (χ1n) is 5.32. The summed E-state index contributed by atoms with van der Waals surface area (Å²) in [5, 5.41) is 9.12. The van der Waals surface area contributed by atoms with E-state index in [0.29, 0.717) is 12.1 Å². The number of carboxylic acid groups (broad SMARTS) is 1. The lowest BCUT2D eigenvalue weighted by Gasteiger charge is -1.99. The number of thiazole rings is 1. The fraction of sp³-hybridized carbons (Fsp3) is 0.167. The first-order chi connectivity index (χ1) is 8.93. The molecule has 1 heterocycles. The van der Waals surface area contributed by atoms with Gasteiger partial charge in [-0.05, 0) is 18.6 Å². The Hall–Kier alpha value is -1.89. The van der Waals surface area contributed by atoms with Gasteiger partial charge in [0.2, 0.25) is 0 Å². The lowest BCUT2D eigenvalue weighted by Crippen LogP contribution is -1.97. The van der Waals surface area contributed by atoms with Gasteiger partial charge < -0.3 is 5.11 Å². The SMILES string of the molecule is CCc1nc(-c2cc(F)c(F)c(F)c2)sc1C(=O)O. The summed E-state index contributed by atoms with van der Waals surface area (Å²) in [5.41, 5.74) is 0.348. The second kappa shape index (κ2) is 5.00. The first-order valence-corrected chi connectivity index (χ1v) is 6.13. The number of hydrogen-bond acceptors (Lipinski definition) is 3. The zero-order valence-electron chi connectivity index (χ0n) is 9.71. The normalized spacial score (nSPS) is 10.7. The third-order valence-corrected chi connectivity index (χ3v) is 3.59. The average molecular weight is 287 g/mol. The second-order valence-corrected chi connectivity index (χ2v) is 4.71. The molecule has 0 aliphatic carbocycles. The molecule has 3 nitrogen and oxygen atoms in total. The van der Waals surface area contributed by atoms with Gasteiger partial charge in [-0.2, -0.15) is 0 Å². The molecule has 100 valence electrons. The van der Waals surface area contributed by atoms with Crippen LogP contribution in [0.1, 0.15) is 22.3 Å². The van der Waals surface area contributed by atoms with Crippen LogP contribution in [-0.2, 0) is 6.42 Å². The maximum Gasteiger partial charge on any atom is 0.347 e. The summed E-state index contributed by atoms with van der Waals surface area (Å²) in [6.45, 7) is 1.72. The third-order valence-electron chi connectivity index (χ3n) is 2.46. The third kappa shape index (κ3) is 2.46. The molecule has 2 aromatic rings. The predicted molar refractivity (Wildman–Crippen MR) is 63.8 cm³/mol. The molecule has 2 rings (SSSR count). The van der Waals surface area contributed by atoms with Crippen LogP contribution in [-0.4, -0.2) is 16.1 Å². The van der Waals surface area contributed by atoms with Crippen molar-refractivity contribution < 1.29 is 23.1 Å². The van der Waals surface area contributed by atoms with E-state index in [4.69, 9.17) is 5.11 Å². The monoisotopic (exact) mass is 287 g/mol. The highest BCUT2D eigenvalue weighted by Gasteiger charge is 2.19. The van der Waals surface area contributed by atoms with Gasteiger partial charge in [0.25, 0.3) is 0 Å². The average Bonchev–Trinajstić information content (AvgIpc) is 2.79. The molecular weight excluding hydrogens is 279 g/mol. The Bertz CT molecular complexity index is 631. The molecule has 0 amide bonds. The number of halogens is 3. The van der Waals surface area contributed by atoms with Crippen LogP contribution < -0.4 is 0 Å². The van der Waals surface area contributed by atoms with Crippen molar-refractivity contribution in [3.05, 3.63) is 40.2 Å². The molecule has 0 atom stereocenters. The Morgan fingerprint density at radius 2 is 1.89 bits per heavy atom. The number of aromatic nitrogens is 1. The van der Waals surface area contributed by atoms with Crippen molar-refractivity contribution in [1.82, 2.24) is 4.98 Å². The summed E-state index contributed by atoms with van der Waals surface area (Å²) in [4.78, 5) is 15.0. The quantitative estimate of drug-likeness (QED) is 0.879. The van der Waals surface area contributed by atoms with Crippen molar-refractivity contribution in [2.45, 2.75) is 13.3 Å². The zero-order chi connectivity index (χ0) is 14.2. The fourth-order valence-corrected chi connectivity index (χ4v) is 2.54. The standard InChI is InChI=1S/C12H8F3NO2S/c1-2-8-10(12(17)18)19-11(16-8)5-3-6(13)9(15)7(14)4-5/h3-4H,2H2,1H3,(H,17,18). The Kier molecular flexibility index (Phi) is 3.57. The minimum atomic E-state index is -1.56. The molecule has 0 aliphatic rings. The van der Waals surface area contributed by atoms with Gasteiger partial charge in [0.1, 0.15) is 9.88 Å². The van der Waals surface area contributed by atoms with Gasteiger partial charge in [0.15, 0.2) is 17.5 Å². The van der Waals surface area contributed by atoms with E-state index in [0.717, 1.165) is 23.5 Å². The molecule has 0 bridgehead atoms. The number of rotatable bonds is 3. The van der Waals surface area contributed by atoms with Crippen molar-refractivity contribution >= 4 is 17.3 Å². The summed E-state index contributed by atoms with van der Waals surface area (Å²) in [5.74, 6) is -5.38. The highest BCUT2D eigenvalue weighted by atomic mass is 32.1. The molecule has 0 fully saturated rings. The van der Waals surface area contributed by atoms with Gasteiger partial charge in [-0.15, -0.1) is 11.3 Å². The number of carbonyl (C=O) groups is 1. The van der Waals surface area contributed by atoms with E-state index in [-0.39, 0.29) is 15.4 Å². The van der Waals surface area contributed by atoms with E-state index in [1.807, 2.05) is 0 Å². The van der Waals surface area contributed by atoms with Gasteiger partial charge in [0, 0.05) is 5.56 Å². The molecule has 0 saturated carbocycles. The van der Waals surface area contributed by atoms with Crippen molar-refractivity contribution in [3.63, 3.8) is 0 Å². The van der Waals surface area contributed by atoms with E-state index < -0.39 is 23.4 Å². The van der Waals surface area contributed by atoms with Crippen molar-refractivity contribution in [2.24, 2.45) is 0 Å². The highest BCUT2D eigenvalue weighted by molar-refractivity contribution is 7.17. The minimum Gasteiger partial charge on any atom is -0.477 e. The number of aryl methyl sites for hydroxylation is 1. The topological polar surface area (TPSA) is 50.2 Å². The van der Waals surface area contributed by atoms with Gasteiger partial charge in [-0.3, -0.25) is 0 Å². The lowest BCUT2D eigenvalue weighted by atomic mass is 10.2. The van der Waals surface area contributed by atoms with Crippen molar-refractivity contribution in [3.8, 4) is 10.6 Å². The van der Waals surface area contributed by atoms with Gasteiger partial charge >= 0.3 is 5.97 Å². The zero-order valence-corrected chi connectivity index (χ0v) is 10.5. The molecule has 0 unspecified atom stereocenters. The summed E-state index contributed by atoms with van der Waals surface area (Å²) in [7, 11) is 0. The van der Waals surface area contributed by atoms with Gasteiger partial charge in [-0.1, -0.05) is 6.92 Å². The van der Waals surface area contributed by atoms with Crippen LogP contribution in [0.2, 0.25) is 0 Å². The largest absolute Gasteiger partial charge is 0.477 e. The molecule has 0 saturated heterocycles. The Morgan fingerprint density at radius 1 is 1.32 bits per heavy atom. The van der Waals surface area contributed by atoms with Crippen LogP contribution >= 0.6 is 11.3 Å². The van der Waals surface area contributed by atoms with Crippen molar-refractivity contribution in [1.29, 1.82) is 0 Å². The summed E-state index contributed by atoms with van der Waals surface area (Å²) in [6.07, 6.45) is 0.379. The molecule has 7 heteroatoms. The second-order valence-electron chi connectivity index (χ2n) is 3.71. The number of nitrogens with zero attached hydrogens (tertiary/aromatic N) is 1. The predicted octanol–water partition coefficient (Wildman–Crippen LogP) is 3.49. The van der Waals surface area contributed by atoms with Gasteiger partial charge in [-0.25, -0.2) is 22.9 Å². The van der Waals surface area contributed by atoms with Crippen LogP contribution in [0.4, 0.5) is 13.2 Å². The van der Waals surface area contributed by atoms with E-state index in [1.165, 1.54) is 0 Å². The van der Waals surface area contributed by atoms with Crippen LogP contribution in [0.5, 0.6) is 0 Å². The summed E-state index contributed by atoms with van der Waals surface area (Å²) in [6, 6.07) is 1.59. The number of aromatic carboxylic acids is 1. The molecule has 0 radical (unpaired) electrons. The number of hydrogen-bond donors (Lipinski definition) is 1. The summed E-state index contributed by atoms with van der Waals surface area (Å²) >= 11 is 0.802. The van der Waals surface area contributed by atoms with E-state index >= 15 is 0 Å². The molecule has 1 aromatic carbocycles. The lowest BCUT2D eigenvalue weighted by molar-refractivity contribution is 0.0701. The van der Waals surface area contributed by atoms with E-state index in [9.17, 15) is 18.0 Å². The fourth-order valence-electron chi connectivity index (χ4n) is 1.56. The molecule has 1 aromatic heterocycles. The van der Waals surface area contributed by atoms with E-state index in [2.05, 4.69) is 4.98 Å². The molecule has 0 aliphatic heterocycles. The molecule has 19 heavy (non-hydrogen) atoms. The van der Waals surface area contributed by atoms with Crippen molar-refractivity contribution in [2.75, 3.05) is 0 Å². The smallest absolute Gasteiger partial charge is 0.347 e. The van der Waals surface area contributed by atoms with Crippen LogP contribution in [0, 0.1) is 17.5 Å². The van der Waals surface area contributed by atoms with Gasteiger partial charge in [0.05, 0.1) is 5.69 Å². The first kappa shape index (κ1) is 13.5. The Morgan fingerprint density at radius 3 is 2.32 bits per heavy atom. The number of benzene rings is 1. The Balaban J connectivity index is 2.56. The minimum absolute atomic E-state index is 0.0163. The number of carboxylic acids is 1. The summed E-state index contributed by atoms with van der Waals surface area (Å²) < 4.78 is 39.1. The maximum atomic E-state index is 13.1. The molecule has 1 N–H and O–H groups in total. The van der Waals surface area contributed by atoms with Crippen LogP contribution in [0.3, 0.4) is 0 Å². The maximum absolute atomic E-state index is 13.1. The van der Waals surface area contributed by atoms with E-state index in [1.54, 1.807) is 6.92 Å². The highest BCUT2D eigenvalue weighted by Crippen LogP contribution is 2.30. The Labute approximate surface area is 110 Å². The van der Waals surface area contributed by atoms with Crippen LogP contribution in [0.25, 0.3) is 10.6 Å².